The van der Waals surface area contributed by atoms with Crippen molar-refractivity contribution in [3.8, 4) is 11.1 Å². The first kappa shape index (κ1) is 14.9. The molecule has 3 rings (SSSR count). The van der Waals surface area contributed by atoms with E-state index >= 15 is 0 Å². The van der Waals surface area contributed by atoms with Crippen molar-refractivity contribution in [1.29, 1.82) is 0 Å². The van der Waals surface area contributed by atoms with Crippen molar-refractivity contribution in [2.75, 3.05) is 0 Å². The Bertz CT molecular complexity index is 804. The van der Waals surface area contributed by atoms with Gasteiger partial charge in [0.25, 0.3) is 5.91 Å². The molecule has 0 atom stereocenters. The van der Waals surface area contributed by atoms with Crippen molar-refractivity contribution in [2.24, 2.45) is 0 Å². The van der Waals surface area contributed by atoms with Crippen LogP contribution in [0.5, 0.6) is 0 Å². The third kappa shape index (κ3) is 3.80. The molecule has 0 aliphatic heterocycles. The van der Waals surface area contributed by atoms with Gasteiger partial charge in [-0.1, -0.05) is 36.4 Å². The van der Waals surface area contributed by atoms with Crippen LogP contribution in [0.1, 0.15) is 16.1 Å². The SMILES string of the molecule is O=C(NCc1ccccn1)c1cc(F)cc(-c2ccccc2)c1. The second kappa shape index (κ2) is 6.83. The Morgan fingerprint density at radius 2 is 1.74 bits per heavy atom. The molecule has 1 amide bonds. The van der Waals surface area contributed by atoms with Crippen LogP contribution in [0.15, 0.2) is 72.9 Å². The van der Waals surface area contributed by atoms with Crippen LogP contribution in [-0.4, -0.2) is 10.9 Å². The second-order valence-electron chi connectivity index (χ2n) is 5.10. The molecule has 4 heteroatoms. The van der Waals surface area contributed by atoms with Gasteiger partial charge < -0.3 is 5.32 Å². The molecule has 23 heavy (non-hydrogen) atoms. The summed E-state index contributed by atoms with van der Waals surface area (Å²) in [6.45, 7) is 0.302. The Hall–Kier alpha value is -3.01. The Balaban J connectivity index is 1.79. The van der Waals surface area contributed by atoms with Crippen molar-refractivity contribution in [1.82, 2.24) is 10.3 Å². The summed E-state index contributed by atoms with van der Waals surface area (Å²) in [5.41, 5.74) is 2.58. The summed E-state index contributed by atoms with van der Waals surface area (Å²) in [6.07, 6.45) is 1.66. The summed E-state index contributed by atoms with van der Waals surface area (Å²) in [4.78, 5) is 16.4. The summed E-state index contributed by atoms with van der Waals surface area (Å²) < 4.78 is 13.8. The van der Waals surface area contributed by atoms with Gasteiger partial charge >= 0.3 is 0 Å². The lowest BCUT2D eigenvalue weighted by atomic mass is 10.0. The van der Waals surface area contributed by atoms with Crippen LogP contribution in [0.2, 0.25) is 0 Å². The summed E-state index contributed by atoms with van der Waals surface area (Å²) in [5.74, 6) is -0.762. The fraction of sp³-hybridized carbons (Fsp3) is 0.0526. The molecule has 1 N–H and O–H groups in total. The molecule has 0 aliphatic rings. The van der Waals surface area contributed by atoms with Crippen LogP contribution in [0.4, 0.5) is 4.39 Å². The topological polar surface area (TPSA) is 42.0 Å². The van der Waals surface area contributed by atoms with Crippen LogP contribution < -0.4 is 5.32 Å². The summed E-state index contributed by atoms with van der Waals surface area (Å²) in [6, 6.07) is 19.2. The number of halogens is 1. The molecule has 3 nitrogen and oxygen atoms in total. The zero-order chi connectivity index (χ0) is 16.1. The molecule has 2 aromatic carbocycles. The molecule has 0 spiro atoms. The summed E-state index contributed by atoms with van der Waals surface area (Å²) >= 11 is 0. The second-order valence-corrected chi connectivity index (χ2v) is 5.10. The van der Waals surface area contributed by atoms with Gasteiger partial charge in [-0.15, -0.1) is 0 Å². The molecular formula is C19H15FN2O. The Morgan fingerprint density at radius 3 is 2.48 bits per heavy atom. The van der Waals surface area contributed by atoms with E-state index in [2.05, 4.69) is 10.3 Å². The zero-order valence-corrected chi connectivity index (χ0v) is 12.4. The van der Waals surface area contributed by atoms with E-state index in [1.165, 1.54) is 12.1 Å². The van der Waals surface area contributed by atoms with E-state index in [1.807, 2.05) is 48.5 Å². The molecule has 0 radical (unpaired) electrons. The largest absolute Gasteiger partial charge is 0.346 e. The number of hydrogen-bond acceptors (Lipinski definition) is 2. The summed E-state index contributed by atoms with van der Waals surface area (Å²) in [5, 5.41) is 2.75. The molecule has 0 fully saturated rings. The van der Waals surface area contributed by atoms with Gasteiger partial charge in [-0.25, -0.2) is 4.39 Å². The van der Waals surface area contributed by atoms with Gasteiger partial charge in [-0.05, 0) is 41.5 Å². The molecule has 0 aliphatic carbocycles. The van der Waals surface area contributed by atoms with Crippen molar-refractivity contribution < 1.29 is 9.18 Å². The van der Waals surface area contributed by atoms with E-state index in [4.69, 9.17) is 0 Å². The molecule has 114 valence electrons. The Kier molecular flexibility index (Phi) is 4.43. The minimum absolute atomic E-state index is 0.291. The highest BCUT2D eigenvalue weighted by Gasteiger charge is 2.10. The van der Waals surface area contributed by atoms with Gasteiger partial charge in [0, 0.05) is 11.8 Å². The van der Waals surface area contributed by atoms with Crippen molar-refractivity contribution in [3.63, 3.8) is 0 Å². The Morgan fingerprint density at radius 1 is 0.957 bits per heavy atom. The van der Waals surface area contributed by atoms with Gasteiger partial charge in [-0.3, -0.25) is 9.78 Å². The van der Waals surface area contributed by atoms with Crippen molar-refractivity contribution in [3.05, 3.63) is 90.0 Å². The van der Waals surface area contributed by atoms with Crippen molar-refractivity contribution >= 4 is 5.91 Å². The zero-order valence-electron chi connectivity index (χ0n) is 12.4. The maximum atomic E-state index is 13.8. The molecule has 3 aromatic rings. The number of amides is 1. The lowest BCUT2D eigenvalue weighted by Crippen LogP contribution is -2.23. The molecule has 1 heterocycles. The molecule has 0 bridgehead atoms. The van der Waals surface area contributed by atoms with E-state index in [9.17, 15) is 9.18 Å². The smallest absolute Gasteiger partial charge is 0.251 e. The first-order chi connectivity index (χ1) is 11.2. The van der Waals surface area contributed by atoms with Gasteiger partial charge in [0.15, 0.2) is 0 Å². The normalized spacial score (nSPS) is 10.3. The highest BCUT2D eigenvalue weighted by molar-refractivity contribution is 5.95. The van der Waals surface area contributed by atoms with Crippen LogP contribution >= 0.6 is 0 Å². The van der Waals surface area contributed by atoms with E-state index in [0.29, 0.717) is 17.7 Å². The van der Waals surface area contributed by atoms with Gasteiger partial charge in [0.2, 0.25) is 0 Å². The van der Waals surface area contributed by atoms with E-state index in [1.54, 1.807) is 12.3 Å². The van der Waals surface area contributed by atoms with Gasteiger partial charge in [-0.2, -0.15) is 0 Å². The average molecular weight is 306 g/mol. The monoisotopic (exact) mass is 306 g/mol. The number of benzene rings is 2. The third-order valence-corrected chi connectivity index (χ3v) is 3.42. The number of pyridine rings is 1. The molecule has 0 saturated carbocycles. The van der Waals surface area contributed by atoms with Crippen molar-refractivity contribution in [2.45, 2.75) is 6.54 Å². The molecule has 1 aromatic heterocycles. The number of nitrogens with zero attached hydrogens (tertiary/aromatic N) is 1. The predicted molar refractivity (Wildman–Crippen MR) is 87.2 cm³/mol. The fourth-order valence-electron chi connectivity index (χ4n) is 2.29. The molecule has 0 saturated heterocycles. The van der Waals surface area contributed by atoms with Crippen LogP contribution in [0.3, 0.4) is 0 Å². The maximum Gasteiger partial charge on any atom is 0.251 e. The first-order valence-corrected chi connectivity index (χ1v) is 7.26. The number of nitrogens with one attached hydrogen (secondary N) is 1. The quantitative estimate of drug-likeness (QED) is 0.796. The highest BCUT2D eigenvalue weighted by atomic mass is 19.1. The first-order valence-electron chi connectivity index (χ1n) is 7.26. The van der Waals surface area contributed by atoms with Crippen LogP contribution in [-0.2, 0) is 6.54 Å². The van der Waals surface area contributed by atoms with E-state index in [0.717, 1.165) is 11.3 Å². The van der Waals surface area contributed by atoms with E-state index in [-0.39, 0.29) is 5.91 Å². The number of rotatable bonds is 4. The maximum absolute atomic E-state index is 13.8. The van der Waals surface area contributed by atoms with Crippen LogP contribution in [0, 0.1) is 5.82 Å². The number of hydrogen-bond donors (Lipinski definition) is 1. The lowest BCUT2D eigenvalue weighted by Gasteiger charge is -2.08. The standard InChI is InChI=1S/C19H15FN2O/c20-17-11-15(14-6-2-1-3-7-14)10-16(12-17)19(23)22-13-18-8-4-5-9-21-18/h1-12H,13H2,(H,22,23). The van der Waals surface area contributed by atoms with Gasteiger partial charge in [0.1, 0.15) is 5.82 Å². The van der Waals surface area contributed by atoms with Crippen LogP contribution in [0.25, 0.3) is 11.1 Å². The minimum Gasteiger partial charge on any atom is -0.346 e. The third-order valence-electron chi connectivity index (χ3n) is 3.42. The highest BCUT2D eigenvalue weighted by Crippen LogP contribution is 2.21. The summed E-state index contributed by atoms with van der Waals surface area (Å²) in [7, 11) is 0. The number of carbonyl (C=O) groups excluding carboxylic acids is 1. The predicted octanol–water partition coefficient (Wildman–Crippen LogP) is 3.82. The number of carbonyl (C=O) groups is 1. The minimum atomic E-state index is -0.436. The molecule has 0 unspecified atom stereocenters. The van der Waals surface area contributed by atoms with E-state index < -0.39 is 5.82 Å². The fourth-order valence-corrected chi connectivity index (χ4v) is 2.29. The Labute approximate surface area is 133 Å². The number of aromatic nitrogens is 1. The van der Waals surface area contributed by atoms with Gasteiger partial charge in [0.05, 0.1) is 12.2 Å². The lowest BCUT2D eigenvalue weighted by molar-refractivity contribution is 0.0950. The molecular weight excluding hydrogens is 291 g/mol. The average Bonchev–Trinajstić information content (AvgIpc) is 2.61.